The maximum atomic E-state index is 10.9. The summed E-state index contributed by atoms with van der Waals surface area (Å²) in [7, 11) is 0. The lowest BCUT2D eigenvalue weighted by atomic mass is 10.0. The lowest BCUT2D eigenvalue weighted by Gasteiger charge is -2.11. The van der Waals surface area contributed by atoms with Crippen molar-refractivity contribution in [3.63, 3.8) is 0 Å². The van der Waals surface area contributed by atoms with Crippen LogP contribution in [0.25, 0.3) is 16.3 Å². The number of aliphatic hydroxyl groups is 1. The molecule has 6 nitrogen and oxygen atoms in total. The summed E-state index contributed by atoms with van der Waals surface area (Å²) in [5.74, 6) is 0.576. The molecule has 3 aromatic rings. The minimum absolute atomic E-state index is 0.576. The van der Waals surface area contributed by atoms with Crippen LogP contribution in [0.4, 0.5) is 0 Å². The molecule has 1 atom stereocenters. The monoisotopic (exact) mass is 373 g/mol. The third-order valence-electron chi connectivity index (χ3n) is 3.61. The second-order valence-corrected chi connectivity index (χ2v) is 6.65. The molecule has 0 aliphatic rings. The number of aromatic nitrogens is 3. The molecule has 128 valence electrons. The van der Waals surface area contributed by atoms with Crippen LogP contribution in [-0.4, -0.2) is 20.3 Å². The van der Waals surface area contributed by atoms with E-state index >= 15 is 0 Å². The summed E-state index contributed by atoms with van der Waals surface area (Å²) in [6.07, 6.45) is 5.17. The van der Waals surface area contributed by atoms with Crippen molar-refractivity contribution in [2.45, 2.75) is 6.10 Å². The molecule has 1 unspecified atom stereocenters. The predicted octanol–water partition coefficient (Wildman–Crippen LogP) is 3.04. The number of nitrogens with zero attached hydrogens (tertiary/aromatic N) is 2. The fraction of sp³-hybridized carbons (Fsp3) is 0.0588. The Morgan fingerprint density at radius 1 is 1.28 bits per heavy atom. The average molecular weight is 374 g/mol. The zero-order valence-electron chi connectivity index (χ0n) is 13.1. The molecule has 0 aliphatic heterocycles. The first-order valence-corrected chi connectivity index (χ1v) is 8.57. The Balaban J connectivity index is 2.10. The molecule has 2 heterocycles. The Hall–Kier alpha value is -2.61. The van der Waals surface area contributed by atoms with Crippen LogP contribution in [0.5, 0.6) is 0 Å². The van der Waals surface area contributed by atoms with Gasteiger partial charge in [-0.25, -0.2) is 4.98 Å². The number of thiophene rings is 1. The third-order valence-corrected chi connectivity index (χ3v) is 5.07. The summed E-state index contributed by atoms with van der Waals surface area (Å²) in [4.78, 5) is 5.84. The highest BCUT2D eigenvalue weighted by Gasteiger charge is 2.22. The van der Waals surface area contributed by atoms with Gasteiger partial charge in [-0.3, -0.25) is 5.10 Å². The molecule has 0 aliphatic carbocycles. The van der Waals surface area contributed by atoms with Crippen LogP contribution in [0.2, 0.25) is 5.02 Å². The quantitative estimate of drug-likeness (QED) is 0.513. The standard InChI is InChI=1S/C17H16ClN5OS/c18-12-3-1-10(2-4-12)15(24)13-7-14(11(8-20)5-6-19)25-16(13)17-21-9-22-23-17/h1-9,15,24H,19-20H2,(H,21,22,23)/b6-5-,11-8+. The molecule has 8 heteroatoms. The lowest BCUT2D eigenvalue weighted by Crippen LogP contribution is -2.00. The molecule has 0 amide bonds. The summed E-state index contributed by atoms with van der Waals surface area (Å²) in [6, 6.07) is 8.93. The van der Waals surface area contributed by atoms with E-state index in [4.69, 9.17) is 23.1 Å². The van der Waals surface area contributed by atoms with Gasteiger partial charge in [0.2, 0.25) is 0 Å². The van der Waals surface area contributed by atoms with Crippen molar-refractivity contribution in [1.82, 2.24) is 15.2 Å². The van der Waals surface area contributed by atoms with Crippen LogP contribution >= 0.6 is 22.9 Å². The van der Waals surface area contributed by atoms with E-state index < -0.39 is 6.10 Å². The highest BCUT2D eigenvalue weighted by Crippen LogP contribution is 2.39. The molecule has 25 heavy (non-hydrogen) atoms. The molecule has 6 N–H and O–H groups in total. The van der Waals surface area contributed by atoms with Crippen molar-refractivity contribution >= 4 is 28.5 Å². The Morgan fingerprint density at radius 3 is 2.64 bits per heavy atom. The number of rotatable bonds is 5. The van der Waals surface area contributed by atoms with Gasteiger partial charge in [0.05, 0.1) is 4.88 Å². The van der Waals surface area contributed by atoms with Crippen LogP contribution in [0, 0.1) is 0 Å². The number of hydrogen-bond acceptors (Lipinski definition) is 6. The second kappa shape index (κ2) is 7.52. The van der Waals surface area contributed by atoms with Gasteiger partial charge in [-0.1, -0.05) is 23.7 Å². The first kappa shape index (κ1) is 17.2. The van der Waals surface area contributed by atoms with E-state index in [0.29, 0.717) is 16.4 Å². The van der Waals surface area contributed by atoms with Crippen molar-refractivity contribution < 1.29 is 5.11 Å². The van der Waals surface area contributed by atoms with E-state index in [2.05, 4.69) is 15.2 Å². The molecular formula is C17H16ClN5OS. The Morgan fingerprint density at radius 2 is 2.04 bits per heavy atom. The number of hydrogen-bond donors (Lipinski definition) is 4. The number of benzene rings is 1. The molecule has 2 aromatic heterocycles. The van der Waals surface area contributed by atoms with E-state index in [1.807, 2.05) is 6.07 Å². The van der Waals surface area contributed by atoms with E-state index in [1.54, 1.807) is 30.3 Å². The number of aromatic amines is 1. The molecule has 1 aromatic carbocycles. The van der Waals surface area contributed by atoms with Crippen molar-refractivity contribution in [2.24, 2.45) is 11.5 Å². The second-order valence-electron chi connectivity index (χ2n) is 5.16. The lowest BCUT2D eigenvalue weighted by molar-refractivity contribution is 0.221. The topological polar surface area (TPSA) is 114 Å². The SMILES string of the molecule is N/C=C\C(=C/N)c1cc(C(O)c2ccc(Cl)cc2)c(-c2ncn[nH]2)s1. The van der Waals surface area contributed by atoms with Crippen molar-refractivity contribution in [1.29, 1.82) is 0 Å². The molecule has 0 saturated heterocycles. The van der Waals surface area contributed by atoms with E-state index in [1.165, 1.54) is 30.1 Å². The number of nitrogens with two attached hydrogens (primary N) is 2. The summed E-state index contributed by atoms with van der Waals surface area (Å²) in [5, 5.41) is 18.2. The fourth-order valence-electron chi connectivity index (χ4n) is 2.40. The van der Waals surface area contributed by atoms with Gasteiger partial charge in [0.15, 0.2) is 5.82 Å². The maximum absolute atomic E-state index is 10.9. The highest BCUT2D eigenvalue weighted by atomic mass is 35.5. The van der Waals surface area contributed by atoms with Gasteiger partial charge in [0, 0.05) is 27.2 Å². The minimum atomic E-state index is -0.844. The number of halogens is 1. The molecule has 0 fully saturated rings. The normalized spacial score (nSPS) is 13.4. The van der Waals surface area contributed by atoms with Crippen LogP contribution in [0.1, 0.15) is 22.1 Å². The zero-order chi connectivity index (χ0) is 17.8. The highest BCUT2D eigenvalue weighted by molar-refractivity contribution is 7.16. The molecule has 0 saturated carbocycles. The smallest absolute Gasteiger partial charge is 0.165 e. The Kier molecular flexibility index (Phi) is 5.18. The summed E-state index contributed by atoms with van der Waals surface area (Å²) < 4.78 is 0. The van der Waals surface area contributed by atoms with Crippen LogP contribution in [0.3, 0.4) is 0 Å². The molecule has 0 spiro atoms. The number of aliphatic hydroxyl groups excluding tert-OH is 1. The van der Waals surface area contributed by atoms with Crippen molar-refractivity contribution in [3.05, 3.63) is 76.2 Å². The largest absolute Gasteiger partial charge is 0.405 e. The Bertz CT molecular complexity index is 900. The summed E-state index contributed by atoms with van der Waals surface area (Å²) in [6.45, 7) is 0. The molecule has 0 radical (unpaired) electrons. The minimum Gasteiger partial charge on any atom is -0.405 e. The summed E-state index contributed by atoms with van der Waals surface area (Å²) >= 11 is 7.37. The number of allylic oxidation sites excluding steroid dienone is 2. The van der Waals surface area contributed by atoms with Gasteiger partial charge in [-0.05, 0) is 36.0 Å². The number of nitrogens with one attached hydrogen (secondary N) is 1. The average Bonchev–Trinajstić information content (AvgIpc) is 3.29. The van der Waals surface area contributed by atoms with Crippen LogP contribution in [0.15, 0.2) is 55.1 Å². The molecule has 0 bridgehead atoms. The predicted molar refractivity (Wildman–Crippen MR) is 101 cm³/mol. The Labute approximate surface area is 153 Å². The van der Waals surface area contributed by atoms with Gasteiger partial charge >= 0.3 is 0 Å². The first-order chi connectivity index (χ1) is 12.1. The van der Waals surface area contributed by atoms with Gasteiger partial charge < -0.3 is 16.6 Å². The van der Waals surface area contributed by atoms with Gasteiger partial charge in [-0.2, -0.15) is 5.10 Å². The first-order valence-electron chi connectivity index (χ1n) is 7.37. The summed E-state index contributed by atoms with van der Waals surface area (Å²) in [5.41, 5.74) is 13.4. The maximum Gasteiger partial charge on any atom is 0.165 e. The molecular weight excluding hydrogens is 358 g/mol. The zero-order valence-corrected chi connectivity index (χ0v) is 14.6. The van der Waals surface area contributed by atoms with Gasteiger partial charge in [0.1, 0.15) is 12.4 Å². The van der Waals surface area contributed by atoms with Gasteiger partial charge in [-0.15, -0.1) is 11.3 Å². The van der Waals surface area contributed by atoms with Crippen molar-refractivity contribution in [3.8, 4) is 10.7 Å². The third kappa shape index (κ3) is 3.58. The van der Waals surface area contributed by atoms with Gasteiger partial charge in [0.25, 0.3) is 0 Å². The van der Waals surface area contributed by atoms with E-state index in [-0.39, 0.29) is 0 Å². The fourth-order valence-corrected chi connectivity index (χ4v) is 3.67. The van der Waals surface area contributed by atoms with E-state index in [0.717, 1.165) is 20.9 Å². The number of H-pyrrole nitrogens is 1. The van der Waals surface area contributed by atoms with Crippen LogP contribution < -0.4 is 11.5 Å². The van der Waals surface area contributed by atoms with Crippen molar-refractivity contribution in [2.75, 3.05) is 0 Å². The van der Waals surface area contributed by atoms with Crippen LogP contribution in [-0.2, 0) is 0 Å². The molecule has 3 rings (SSSR count). The van der Waals surface area contributed by atoms with E-state index in [9.17, 15) is 5.11 Å².